The normalized spacial score (nSPS) is 9.31. The molecule has 0 aliphatic rings. The minimum atomic E-state index is -0.0905. The zero-order valence-electron chi connectivity index (χ0n) is 9.24. The van der Waals surface area contributed by atoms with Crippen LogP contribution in [0.25, 0.3) is 0 Å². The number of hydrogen-bond donors (Lipinski definition) is 0. The fourth-order valence-corrected chi connectivity index (χ4v) is 1.33. The lowest BCUT2D eigenvalue weighted by molar-refractivity contribution is -0.145. The quantitative estimate of drug-likeness (QED) is 0.428. The highest BCUT2D eigenvalue weighted by molar-refractivity contribution is 5.75. The van der Waals surface area contributed by atoms with Crippen LogP contribution in [0, 0.1) is 0 Å². The molecule has 1 aromatic rings. The molecule has 1 aromatic carbocycles. The molecule has 16 heavy (non-hydrogen) atoms. The molecule has 86 valence electrons. The van der Waals surface area contributed by atoms with Crippen molar-refractivity contribution in [3.8, 4) is 0 Å². The number of carbonyl (C=O) groups excluding carboxylic acids is 1. The second-order valence-corrected chi connectivity index (χ2v) is 3.60. The van der Waals surface area contributed by atoms with E-state index in [1.165, 1.54) is 0 Å². The summed E-state index contributed by atoms with van der Waals surface area (Å²) in [6, 6.07) is 9.76. The Bertz CT molecular complexity index is 285. The Morgan fingerprint density at radius 3 is 2.50 bits per heavy atom. The Kier molecular flexibility index (Phi) is 9.34. The van der Waals surface area contributed by atoms with Crippen LogP contribution in [0.15, 0.2) is 30.3 Å². The van der Waals surface area contributed by atoms with Gasteiger partial charge in [0, 0.05) is 6.42 Å². The van der Waals surface area contributed by atoms with Crippen LogP contribution in [0.2, 0.25) is 0 Å². The van der Waals surface area contributed by atoms with Crippen LogP contribution in [0.4, 0.5) is 0 Å². The first-order chi connectivity index (χ1) is 7.33. The van der Waals surface area contributed by atoms with Crippen molar-refractivity contribution < 1.29 is 9.53 Å². The van der Waals surface area contributed by atoms with Gasteiger partial charge in [-0.2, -0.15) is 0 Å². The Morgan fingerprint density at radius 2 is 1.88 bits per heavy atom. The number of benzene rings is 1. The Balaban J connectivity index is 0.00000225. The van der Waals surface area contributed by atoms with Gasteiger partial charge in [0.05, 0.1) is 0 Å². The average molecular weight is 233 g/mol. The Labute approximate surface area is 114 Å². The third-order valence-corrected chi connectivity index (χ3v) is 2.23. The largest absolute Gasteiger partial charge is 0.461 e. The molecule has 0 aromatic heterocycles. The van der Waals surface area contributed by atoms with E-state index < -0.39 is 0 Å². The molecule has 0 atom stereocenters. The maximum absolute atomic E-state index is 11.3. The van der Waals surface area contributed by atoms with Crippen molar-refractivity contribution in [3.63, 3.8) is 0 Å². The molecule has 0 fully saturated rings. The number of carbonyl (C=O) groups is 1. The molecule has 0 radical (unpaired) electrons. The van der Waals surface area contributed by atoms with Gasteiger partial charge in [0.1, 0.15) is 6.61 Å². The highest BCUT2D eigenvalue weighted by atomic mass is 24.3. The van der Waals surface area contributed by atoms with Crippen LogP contribution >= 0.6 is 0 Å². The molecule has 0 unspecified atom stereocenters. The molecular weight excluding hydrogens is 212 g/mol. The number of unbranched alkanes of at least 4 members (excludes halogenated alkanes) is 2. The molecule has 3 heteroatoms. The maximum Gasteiger partial charge on any atom is 0.316 e. The van der Waals surface area contributed by atoms with Crippen LogP contribution in [-0.4, -0.2) is 29.0 Å². The van der Waals surface area contributed by atoms with Gasteiger partial charge >= 0.3 is 29.0 Å². The van der Waals surface area contributed by atoms with E-state index in [4.69, 9.17) is 4.74 Å². The smallest absolute Gasteiger partial charge is 0.316 e. The van der Waals surface area contributed by atoms with Gasteiger partial charge in [0.15, 0.2) is 0 Å². The summed E-state index contributed by atoms with van der Waals surface area (Å²) >= 11 is 0. The van der Waals surface area contributed by atoms with Crippen molar-refractivity contribution in [1.82, 2.24) is 0 Å². The van der Waals surface area contributed by atoms with Gasteiger partial charge in [0.25, 0.3) is 0 Å². The number of hydrogen-bond acceptors (Lipinski definition) is 2. The molecule has 0 N–H and O–H groups in total. The van der Waals surface area contributed by atoms with Crippen molar-refractivity contribution in [1.29, 1.82) is 0 Å². The Morgan fingerprint density at radius 1 is 1.19 bits per heavy atom. The second-order valence-electron chi connectivity index (χ2n) is 3.60. The third-order valence-electron chi connectivity index (χ3n) is 2.23. The monoisotopic (exact) mass is 232 g/mol. The first-order valence-corrected chi connectivity index (χ1v) is 5.52. The van der Waals surface area contributed by atoms with E-state index in [0.29, 0.717) is 13.0 Å². The molecule has 0 aliphatic carbocycles. The van der Waals surface area contributed by atoms with Crippen molar-refractivity contribution in [2.45, 2.75) is 39.2 Å². The fourth-order valence-electron chi connectivity index (χ4n) is 1.33. The van der Waals surface area contributed by atoms with Gasteiger partial charge in [-0.3, -0.25) is 4.79 Å². The summed E-state index contributed by atoms with van der Waals surface area (Å²) in [7, 11) is 0. The minimum absolute atomic E-state index is 0. The summed E-state index contributed by atoms with van der Waals surface area (Å²) < 4.78 is 5.14. The van der Waals surface area contributed by atoms with Crippen LogP contribution in [0.3, 0.4) is 0 Å². The lowest BCUT2D eigenvalue weighted by Crippen LogP contribution is -2.04. The molecule has 0 aliphatic heterocycles. The molecular formula is C13H20MgO2. The second kappa shape index (κ2) is 9.67. The topological polar surface area (TPSA) is 26.3 Å². The predicted molar refractivity (Wildman–Crippen MR) is 68.9 cm³/mol. The van der Waals surface area contributed by atoms with E-state index >= 15 is 0 Å². The highest BCUT2D eigenvalue weighted by Gasteiger charge is 2.02. The van der Waals surface area contributed by atoms with Gasteiger partial charge in [-0.15, -0.1) is 0 Å². The lowest BCUT2D eigenvalue weighted by atomic mass is 10.2. The van der Waals surface area contributed by atoms with Crippen LogP contribution in [0.5, 0.6) is 0 Å². The van der Waals surface area contributed by atoms with E-state index in [1.807, 2.05) is 30.3 Å². The summed E-state index contributed by atoms with van der Waals surface area (Å²) in [6.07, 6.45) is 3.71. The predicted octanol–water partition coefficient (Wildman–Crippen LogP) is 2.39. The third kappa shape index (κ3) is 6.85. The summed E-state index contributed by atoms with van der Waals surface area (Å²) in [5.74, 6) is -0.0905. The number of esters is 1. The summed E-state index contributed by atoms with van der Waals surface area (Å²) in [4.78, 5) is 11.3. The van der Waals surface area contributed by atoms with Crippen molar-refractivity contribution >= 4 is 29.0 Å². The molecule has 0 bridgehead atoms. The van der Waals surface area contributed by atoms with Crippen molar-refractivity contribution in [3.05, 3.63) is 35.9 Å². The van der Waals surface area contributed by atoms with Gasteiger partial charge in [-0.1, -0.05) is 50.1 Å². The first kappa shape index (κ1) is 15.5. The molecule has 2 nitrogen and oxygen atoms in total. The van der Waals surface area contributed by atoms with E-state index in [1.54, 1.807) is 0 Å². The zero-order chi connectivity index (χ0) is 10.9. The van der Waals surface area contributed by atoms with E-state index in [2.05, 4.69) is 6.92 Å². The fraction of sp³-hybridized carbons (Fsp3) is 0.462. The van der Waals surface area contributed by atoms with E-state index in [-0.39, 0.29) is 29.0 Å². The first-order valence-electron chi connectivity index (χ1n) is 5.52. The van der Waals surface area contributed by atoms with Crippen LogP contribution in [-0.2, 0) is 16.1 Å². The molecule has 0 saturated carbocycles. The molecule has 0 heterocycles. The number of ether oxygens (including phenoxy) is 1. The highest BCUT2D eigenvalue weighted by Crippen LogP contribution is 2.04. The van der Waals surface area contributed by atoms with Crippen molar-refractivity contribution in [2.75, 3.05) is 0 Å². The minimum Gasteiger partial charge on any atom is -0.461 e. The van der Waals surface area contributed by atoms with Crippen molar-refractivity contribution in [2.24, 2.45) is 0 Å². The van der Waals surface area contributed by atoms with Gasteiger partial charge in [0.2, 0.25) is 0 Å². The molecule has 0 saturated heterocycles. The molecule has 0 amide bonds. The van der Waals surface area contributed by atoms with Gasteiger partial charge in [-0.25, -0.2) is 0 Å². The molecule has 1 rings (SSSR count). The lowest BCUT2D eigenvalue weighted by Gasteiger charge is -2.04. The molecule has 0 spiro atoms. The summed E-state index contributed by atoms with van der Waals surface area (Å²) in [5.41, 5.74) is 1.04. The maximum atomic E-state index is 11.3. The zero-order valence-corrected chi connectivity index (χ0v) is 9.24. The Hall–Kier alpha value is -0.544. The van der Waals surface area contributed by atoms with Gasteiger partial charge < -0.3 is 4.74 Å². The summed E-state index contributed by atoms with van der Waals surface area (Å²) in [6.45, 7) is 2.51. The van der Waals surface area contributed by atoms with Crippen LogP contribution in [0.1, 0.15) is 38.2 Å². The van der Waals surface area contributed by atoms with Crippen LogP contribution < -0.4 is 0 Å². The summed E-state index contributed by atoms with van der Waals surface area (Å²) in [5, 5.41) is 0. The standard InChI is InChI=1S/C13H18O2.Mg.2H/c1-2-3-5-10-13(14)15-11-12-8-6-4-7-9-12;;;/h4,6-9H,2-3,5,10-11H2,1H3;;;. The number of rotatable bonds is 6. The van der Waals surface area contributed by atoms with Gasteiger partial charge in [-0.05, 0) is 12.0 Å². The average Bonchev–Trinajstić information content (AvgIpc) is 2.28. The SMILES string of the molecule is CCCCCC(=O)OCc1ccccc1.[MgH2]. The van der Waals surface area contributed by atoms with E-state index in [0.717, 1.165) is 24.8 Å². The van der Waals surface area contributed by atoms with E-state index in [9.17, 15) is 4.79 Å².